The topological polar surface area (TPSA) is 102 Å². The average molecular weight is 346 g/mol. The Kier molecular flexibility index (Phi) is 3.48. The minimum atomic E-state index is -1.15. The van der Waals surface area contributed by atoms with Gasteiger partial charge in [-0.25, -0.2) is 4.79 Å². The summed E-state index contributed by atoms with van der Waals surface area (Å²) >= 11 is 0. The van der Waals surface area contributed by atoms with E-state index < -0.39 is 17.5 Å². The first-order valence-electron chi connectivity index (χ1n) is 8.10. The number of urea groups is 1. The van der Waals surface area contributed by atoms with Crippen molar-refractivity contribution in [3.8, 4) is 6.07 Å². The van der Waals surface area contributed by atoms with Crippen LogP contribution in [0.5, 0.6) is 0 Å². The number of para-hydroxylation sites is 1. The minimum Gasteiger partial charge on any atom is -0.319 e. The maximum absolute atomic E-state index is 13.0. The van der Waals surface area contributed by atoms with Crippen molar-refractivity contribution in [2.75, 3.05) is 11.4 Å². The van der Waals surface area contributed by atoms with Crippen LogP contribution in [0.4, 0.5) is 10.5 Å². The van der Waals surface area contributed by atoms with Gasteiger partial charge >= 0.3 is 6.03 Å². The van der Waals surface area contributed by atoms with Gasteiger partial charge in [0.15, 0.2) is 0 Å². The highest BCUT2D eigenvalue weighted by Crippen LogP contribution is 2.40. The third-order valence-electron chi connectivity index (χ3n) is 4.79. The highest BCUT2D eigenvalue weighted by Gasteiger charge is 2.51. The fraction of sp³-hybridized carbons (Fsp3) is 0.158. The van der Waals surface area contributed by atoms with Crippen molar-refractivity contribution in [3.05, 3.63) is 65.2 Å². The number of hydrogen-bond donors (Lipinski definition) is 2. The number of nitrogens with one attached hydrogen (secondary N) is 2. The SMILES string of the molecule is N#Cc1cccc(C(=O)N2CCC3(NC(=O)NC3=O)c3ccccc32)c1. The van der Waals surface area contributed by atoms with Crippen LogP contribution in [0, 0.1) is 11.3 Å². The molecule has 1 atom stereocenters. The Morgan fingerprint density at radius 3 is 2.69 bits per heavy atom. The number of benzene rings is 2. The van der Waals surface area contributed by atoms with Gasteiger partial charge in [0, 0.05) is 24.1 Å². The monoisotopic (exact) mass is 346 g/mol. The molecular formula is C19H14N4O3. The van der Waals surface area contributed by atoms with Crippen molar-refractivity contribution in [2.24, 2.45) is 0 Å². The summed E-state index contributed by atoms with van der Waals surface area (Å²) in [6.07, 6.45) is 0.269. The molecule has 26 heavy (non-hydrogen) atoms. The van der Waals surface area contributed by atoms with E-state index in [1.807, 2.05) is 6.07 Å². The van der Waals surface area contributed by atoms with E-state index in [2.05, 4.69) is 10.6 Å². The van der Waals surface area contributed by atoms with Crippen molar-refractivity contribution in [1.29, 1.82) is 5.26 Å². The molecule has 4 rings (SSSR count). The Morgan fingerprint density at radius 1 is 1.15 bits per heavy atom. The van der Waals surface area contributed by atoms with Crippen LogP contribution in [0.3, 0.4) is 0 Å². The van der Waals surface area contributed by atoms with Crippen LogP contribution in [0.1, 0.15) is 27.9 Å². The van der Waals surface area contributed by atoms with Gasteiger partial charge in [-0.2, -0.15) is 5.26 Å². The quantitative estimate of drug-likeness (QED) is 0.766. The maximum atomic E-state index is 13.0. The molecule has 1 spiro atoms. The Morgan fingerprint density at radius 2 is 1.96 bits per heavy atom. The van der Waals surface area contributed by atoms with Gasteiger partial charge in [-0.05, 0) is 24.3 Å². The lowest BCUT2D eigenvalue weighted by Gasteiger charge is -2.39. The molecule has 1 unspecified atom stereocenters. The van der Waals surface area contributed by atoms with E-state index in [0.717, 1.165) is 0 Å². The first-order chi connectivity index (χ1) is 12.5. The first kappa shape index (κ1) is 15.8. The summed E-state index contributed by atoms with van der Waals surface area (Å²) in [5.74, 6) is -0.664. The van der Waals surface area contributed by atoms with E-state index in [9.17, 15) is 14.4 Å². The molecule has 0 saturated carbocycles. The van der Waals surface area contributed by atoms with Gasteiger partial charge in [0.1, 0.15) is 5.54 Å². The summed E-state index contributed by atoms with van der Waals surface area (Å²) in [5, 5.41) is 14.0. The number of anilines is 1. The summed E-state index contributed by atoms with van der Waals surface area (Å²) in [4.78, 5) is 38.7. The number of amides is 4. The number of fused-ring (bicyclic) bond motifs is 2. The molecule has 7 nitrogen and oxygen atoms in total. The highest BCUT2D eigenvalue weighted by molar-refractivity contribution is 6.11. The smallest absolute Gasteiger partial charge is 0.319 e. The van der Waals surface area contributed by atoms with Gasteiger partial charge in [-0.15, -0.1) is 0 Å². The Bertz CT molecular complexity index is 994. The normalized spacial score (nSPS) is 21.0. The van der Waals surface area contributed by atoms with Crippen LogP contribution in [0.2, 0.25) is 0 Å². The number of carbonyl (C=O) groups is 3. The van der Waals surface area contributed by atoms with E-state index in [4.69, 9.17) is 5.26 Å². The van der Waals surface area contributed by atoms with Gasteiger partial charge < -0.3 is 10.2 Å². The van der Waals surface area contributed by atoms with E-state index in [1.54, 1.807) is 53.4 Å². The van der Waals surface area contributed by atoms with E-state index in [1.165, 1.54) is 0 Å². The molecule has 4 amide bonds. The standard InChI is InChI=1S/C19H14N4O3/c20-11-12-4-3-5-13(10-12)16(24)23-9-8-19(17(25)21-18(26)22-19)14-6-1-2-7-15(14)23/h1-7,10H,8-9H2,(H2,21,22,25,26). The Hall–Kier alpha value is -3.66. The predicted molar refractivity (Wildman–Crippen MR) is 92.2 cm³/mol. The molecule has 0 bridgehead atoms. The van der Waals surface area contributed by atoms with Crippen molar-refractivity contribution in [1.82, 2.24) is 10.6 Å². The van der Waals surface area contributed by atoms with E-state index >= 15 is 0 Å². The van der Waals surface area contributed by atoms with Gasteiger partial charge in [-0.1, -0.05) is 24.3 Å². The molecule has 1 saturated heterocycles. The van der Waals surface area contributed by atoms with Crippen molar-refractivity contribution in [3.63, 3.8) is 0 Å². The van der Waals surface area contributed by atoms with Gasteiger partial charge in [0.2, 0.25) is 0 Å². The van der Waals surface area contributed by atoms with Gasteiger partial charge in [-0.3, -0.25) is 14.9 Å². The molecule has 2 heterocycles. The van der Waals surface area contributed by atoms with Crippen LogP contribution < -0.4 is 15.5 Å². The average Bonchev–Trinajstić information content (AvgIpc) is 2.95. The zero-order chi connectivity index (χ0) is 18.3. The lowest BCUT2D eigenvalue weighted by atomic mass is 9.82. The van der Waals surface area contributed by atoms with Crippen LogP contribution in [-0.2, 0) is 10.3 Å². The molecular weight excluding hydrogens is 332 g/mol. The molecule has 128 valence electrons. The predicted octanol–water partition coefficient (Wildman–Crippen LogP) is 1.64. The Labute approximate surface area is 149 Å². The fourth-order valence-electron chi connectivity index (χ4n) is 3.55. The first-order valence-corrected chi connectivity index (χ1v) is 8.10. The second kappa shape index (κ2) is 5.70. The zero-order valence-corrected chi connectivity index (χ0v) is 13.7. The second-order valence-corrected chi connectivity index (χ2v) is 6.23. The number of nitrogens with zero attached hydrogens (tertiary/aromatic N) is 2. The maximum Gasteiger partial charge on any atom is 0.322 e. The van der Waals surface area contributed by atoms with E-state index in [-0.39, 0.29) is 18.9 Å². The summed E-state index contributed by atoms with van der Waals surface area (Å²) < 4.78 is 0. The molecule has 2 aromatic carbocycles. The minimum absolute atomic E-state index is 0.255. The van der Waals surface area contributed by atoms with Crippen LogP contribution in [-0.4, -0.2) is 24.4 Å². The third-order valence-corrected chi connectivity index (χ3v) is 4.79. The summed E-state index contributed by atoms with van der Waals surface area (Å²) in [6, 6.07) is 15.0. The second-order valence-electron chi connectivity index (χ2n) is 6.23. The molecule has 0 aliphatic carbocycles. The zero-order valence-electron chi connectivity index (χ0n) is 13.7. The van der Waals surface area contributed by atoms with Gasteiger partial charge in [0.25, 0.3) is 11.8 Å². The van der Waals surface area contributed by atoms with Crippen molar-refractivity contribution in [2.45, 2.75) is 12.0 Å². The third kappa shape index (κ3) is 2.24. The van der Waals surface area contributed by atoms with Crippen LogP contribution in [0.15, 0.2) is 48.5 Å². The molecule has 7 heteroatoms. The lowest BCUT2D eigenvalue weighted by Crippen LogP contribution is -2.52. The van der Waals surface area contributed by atoms with E-state index in [0.29, 0.717) is 22.4 Å². The molecule has 1 fully saturated rings. The molecule has 2 N–H and O–H groups in total. The Balaban J connectivity index is 1.78. The summed E-state index contributed by atoms with van der Waals surface area (Å²) in [5.41, 5.74) is 0.802. The van der Waals surface area contributed by atoms with Crippen LogP contribution in [0.25, 0.3) is 0 Å². The number of nitriles is 1. The number of rotatable bonds is 1. The van der Waals surface area contributed by atoms with Gasteiger partial charge in [0.05, 0.1) is 17.3 Å². The highest BCUT2D eigenvalue weighted by atomic mass is 16.2. The van der Waals surface area contributed by atoms with Crippen molar-refractivity contribution < 1.29 is 14.4 Å². The summed E-state index contributed by atoms with van der Waals surface area (Å²) in [7, 11) is 0. The number of carbonyl (C=O) groups excluding carboxylic acids is 3. The van der Waals surface area contributed by atoms with Crippen molar-refractivity contribution >= 4 is 23.5 Å². The molecule has 0 aromatic heterocycles. The number of imide groups is 1. The molecule has 0 radical (unpaired) electrons. The molecule has 2 aliphatic rings. The fourth-order valence-corrected chi connectivity index (χ4v) is 3.55. The number of hydrogen-bond acceptors (Lipinski definition) is 4. The largest absolute Gasteiger partial charge is 0.322 e. The lowest BCUT2D eigenvalue weighted by molar-refractivity contribution is -0.124. The molecule has 2 aliphatic heterocycles. The van der Waals surface area contributed by atoms with Crippen LogP contribution >= 0.6 is 0 Å². The molecule has 2 aromatic rings. The summed E-state index contributed by atoms with van der Waals surface area (Å²) in [6.45, 7) is 0.264.